The number of carbonyl (C=O) groups is 1. The summed E-state index contributed by atoms with van der Waals surface area (Å²) >= 11 is 3.48. The highest BCUT2D eigenvalue weighted by Crippen LogP contribution is 2.18. The Kier molecular flexibility index (Phi) is 5.79. The molecule has 1 rings (SSSR count). The maximum absolute atomic E-state index is 12.4. The SMILES string of the molecule is CC(C)C(Br)C(=O)N(Cc1ccccn1)C(C)C. The molecule has 1 atom stereocenters. The summed E-state index contributed by atoms with van der Waals surface area (Å²) in [6, 6.07) is 5.94. The average molecular weight is 313 g/mol. The second-order valence-electron chi connectivity index (χ2n) is 5.03. The van der Waals surface area contributed by atoms with E-state index in [2.05, 4.69) is 20.9 Å². The van der Waals surface area contributed by atoms with Crippen molar-refractivity contribution in [3.8, 4) is 0 Å². The molecule has 0 aliphatic heterocycles. The first-order valence-electron chi connectivity index (χ1n) is 6.28. The summed E-state index contributed by atoms with van der Waals surface area (Å²) in [6.45, 7) is 8.70. The molecule has 0 radical (unpaired) electrons. The number of halogens is 1. The predicted octanol–water partition coefficient (Wildman–Crippen LogP) is 3.24. The highest BCUT2D eigenvalue weighted by Gasteiger charge is 2.26. The van der Waals surface area contributed by atoms with Crippen molar-refractivity contribution < 1.29 is 4.79 Å². The van der Waals surface area contributed by atoms with Crippen LogP contribution in [0.15, 0.2) is 24.4 Å². The van der Waals surface area contributed by atoms with Gasteiger partial charge >= 0.3 is 0 Å². The van der Waals surface area contributed by atoms with Crippen molar-refractivity contribution in [3.05, 3.63) is 30.1 Å². The molecule has 4 heteroatoms. The molecule has 1 aromatic heterocycles. The summed E-state index contributed by atoms with van der Waals surface area (Å²) in [6.07, 6.45) is 1.76. The Hall–Kier alpha value is -0.900. The van der Waals surface area contributed by atoms with Crippen LogP contribution in [0, 0.1) is 5.92 Å². The fraction of sp³-hybridized carbons (Fsp3) is 0.571. The monoisotopic (exact) mass is 312 g/mol. The van der Waals surface area contributed by atoms with Gasteiger partial charge in [0.15, 0.2) is 0 Å². The number of hydrogen-bond acceptors (Lipinski definition) is 2. The van der Waals surface area contributed by atoms with Gasteiger partial charge in [0.05, 0.1) is 17.1 Å². The van der Waals surface area contributed by atoms with Gasteiger partial charge in [0, 0.05) is 12.2 Å². The lowest BCUT2D eigenvalue weighted by Crippen LogP contribution is -2.42. The topological polar surface area (TPSA) is 33.2 Å². The minimum Gasteiger partial charge on any atom is -0.333 e. The first-order chi connectivity index (χ1) is 8.43. The maximum Gasteiger partial charge on any atom is 0.237 e. The molecule has 0 saturated heterocycles. The van der Waals surface area contributed by atoms with E-state index in [1.54, 1.807) is 6.20 Å². The minimum absolute atomic E-state index is 0.130. The molecule has 18 heavy (non-hydrogen) atoms. The lowest BCUT2D eigenvalue weighted by molar-refractivity contribution is -0.133. The van der Waals surface area contributed by atoms with Crippen molar-refractivity contribution in [2.45, 2.75) is 45.1 Å². The van der Waals surface area contributed by atoms with E-state index in [0.717, 1.165) is 5.69 Å². The van der Waals surface area contributed by atoms with Crippen molar-refractivity contribution >= 4 is 21.8 Å². The molecule has 1 unspecified atom stereocenters. The van der Waals surface area contributed by atoms with Crippen LogP contribution in [0.1, 0.15) is 33.4 Å². The van der Waals surface area contributed by atoms with Crippen LogP contribution in [0.4, 0.5) is 0 Å². The molecule has 1 heterocycles. The molecular weight excluding hydrogens is 292 g/mol. The molecule has 0 aromatic carbocycles. The van der Waals surface area contributed by atoms with Gasteiger partial charge < -0.3 is 4.90 Å². The lowest BCUT2D eigenvalue weighted by atomic mass is 10.1. The van der Waals surface area contributed by atoms with Crippen LogP contribution < -0.4 is 0 Å². The summed E-state index contributed by atoms with van der Waals surface area (Å²) in [4.78, 5) is 18.4. The number of rotatable bonds is 5. The maximum atomic E-state index is 12.4. The van der Waals surface area contributed by atoms with Gasteiger partial charge in [-0.1, -0.05) is 35.8 Å². The molecule has 0 saturated carbocycles. The molecule has 1 aromatic rings. The summed E-state index contributed by atoms with van der Waals surface area (Å²) in [5.41, 5.74) is 0.919. The first kappa shape index (κ1) is 15.2. The largest absolute Gasteiger partial charge is 0.333 e. The van der Waals surface area contributed by atoms with Gasteiger partial charge in [-0.05, 0) is 31.9 Å². The predicted molar refractivity (Wildman–Crippen MR) is 77.5 cm³/mol. The third-order valence-electron chi connectivity index (χ3n) is 2.79. The third kappa shape index (κ3) is 4.09. The van der Waals surface area contributed by atoms with E-state index in [0.29, 0.717) is 6.54 Å². The Bertz CT molecular complexity index is 379. The summed E-state index contributed by atoms with van der Waals surface area (Å²) in [5.74, 6) is 0.410. The zero-order chi connectivity index (χ0) is 13.7. The quantitative estimate of drug-likeness (QED) is 0.782. The lowest BCUT2D eigenvalue weighted by Gasteiger charge is -2.29. The average Bonchev–Trinajstić information content (AvgIpc) is 2.35. The zero-order valence-corrected chi connectivity index (χ0v) is 13.0. The van der Waals surface area contributed by atoms with Crippen molar-refractivity contribution in [2.24, 2.45) is 5.92 Å². The van der Waals surface area contributed by atoms with Gasteiger partial charge in [0.1, 0.15) is 0 Å². The van der Waals surface area contributed by atoms with Gasteiger partial charge in [-0.15, -0.1) is 0 Å². The van der Waals surface area contributed by atoms with Gasteiger partial charge in [-0.2, -0.15) is 0 Å². The molecule has 100 valence electrons. The molecular formula is C14H21BrN2O. The van der Waals surface area contributed by atoms with Gasteiger partial charge in [0.25, 0.3) is 0 Å². The van der Waals surface area contributed by atoms with E-state index in [9.17, 15) is 4.79 Å². The standard InChI is InChI=1S/C14H21BrN2O/c1-10(2)13(15)14(18)17(11(3)4)9-12-7-5-6-8-16-12/h5-8,10-11,13H,9H2,1-4H3. The number of pyridine rings is 1. The van der Waals surface area contributed by atoms with Crippen LogP contribution in [0.25, 0.3) is 0 Å². The molecule has 0 aliphatic carbocycles. The number of nitrogens with zero attached hydrogens (tertiary/aromatic N) is 2. The second kappa shape index (κ2) is 6.88. The van der Waals surface area contributed by atoms with Gasteiger partial charge in [0.2, 0.25) is 5.91 Å². The molecule has 3 nitrogen and oxygen atoms in total. The fourth-order valence-electron chi connectivity index (χ4n) is 1.62. The zero-order valence-electron chi connectivity index (χ0n) is 11.4. The van der Waals surface area contributed by atoms with Crippen LogP contribution >= 0.6 is 15.9 Å². The smallest absolute Gasteiger partial charge is 0.237 e. The molecule has 0 N–H and O–H groups in total. The first-order valence-corrected chi connectivity index (χ1v) is 7.19. The van der Waals surface area contributed by atoms with E-state index in [-0.39, 0.29) is 22.7 Å². The van der Waals surface area contributed by atoms with E-state index in [1.807, 2.05) is 50.8 Å². The van der Waals surface area contributed by atoms with E-state index in [4.69, 9.17) is 0 Å². The normalized spacial score (nSPS) is 12.8. The van der Waals surface area contributed by atoms with Crippen molar-refractivity contribution in [2.75, 3.05) is 0 Å². The van der Waals surface area contributed by atoms with Gasteiger partial charge in [-0.3, -0.25) is 9.78 Å². The third-order valence-corrected chi connectivity index (χ3v) is 4.24. The van der Waals surface area contributed by atoms with E-state index < -0.39 is 0 Å². The summed E-state index contributed by atoms with van der Waals surface area (Å²) in [5, 5.41) is 0. The Balaban J connectivity index is 2.81. The van der Waals surface area contributed by atoms with Crippen LogP contribution in [0.5, 0.6) is 0 Å². The van der Waals surface area contributed by atoms with Crippen LogP contribution in [-0.4, -0.2) is 26.7 Å². The molecule has 0 aliphatic rings. The summed E-state index contributed by atoms with van der Waals surface area (Å²) < 4.78 is 0. The van der Waals surface area contributed by atoms with Gasteiger partial charge in [-0.25, -0.2) is 0 Å². The van der Waals surface area contributed by atoms with Crippen LogP contribution in [-0.2, 0) is 11.3 Å². The number of carbonyl (C=O) groups excluding carboxylic acids is 1. The fourth-order valence-corrected chi connectivity index (χ4v) is 1.89. The van der Waals surface area contributed by atoms with Crippen molar-refractivity contribution in [3.63, 3.8) is 0 Å². The van der Waals surface area contributed by atoms with Crippen LogP contribution in [0.2, 0.25) is 0 Å². The Morgan fingerprint density at radius 2 is 2.00 bits per heavy atom. The minimum atomic E-state index is -0.136. The second-order valence-corrected chi connectivity index (χ2v) is 6.01. The Morgan fingerprint density at radius 1 is 1.33 bits per heavy atom. The van der Waals surface area contributed by atoms with E-state index in [1.165, 1.54) is 0 Å². The highest BCUT2D eigenvalue weighted by atomic mass is 79.9. The number of hydrogen-bond donors (Lipinski definition) is 0. The Morgan fingerprint density at radius 3 is 2.44 bits per heavy atom. The number of aromatic nitrogens is 1. The molecule has 1 amide bonds. The highest BCUT2D eigenvalue weighted by molar-refractivity contribution is 9.10. The summed E-state index contributed by atoms with van der Waals surface area (Å²) in [7, 11) is 0. The van der Waals surface area contributed by atoms with Crippen LogP contribution in [0.3, 0.4) is 0 Å². The number of alkyl halides is 1. The van der Waals surface area contributed by atoms with Crippen molar-refractivity contribution in [1.82, 2.24) is 9.88 Å². The Labute approximate surface area is 118 Å². The molecule has 0 spiro atoms. The number of amides is 1. The van der Waals surface area contributed by atoms with Crippen molar-refractivity contribution in [1.29, 1.82) is 0 Å². The molecule has 0 bridgehead atoms. The van der Waals surface area contributed by atoms with E-state index >= 15 is 0 Å². The molecule has 0 fully saturated rings.